The van der Waals surface area contributed by atoms with Crippen molar-refractivity contribution in [2.75, 3.05) is 13.2 Å². The molecule has 0 N–H and O–H groups in total. The summed E-state index contributed by atoms with van der Waals surface area (Å²) in [4.78, 5) is 38.0. The van der Waals surface area contributed by atoms with E-state index in [4.69, 9.17) is 14.2 Å². The van der Waals surface area contributed by atoms with Gasteiger partial charge in [0.2, 0.25) is 0 Å². The molecule has 6 heteroatoms. The molecule has 0 saturated carbocycles. The molecule has 0 saturated heterocycles. The highest BCUT2D eigenvalue weighted by Crippen LogP contribution is 2.18. The molecule has 0 bridgehead atoms. The summed E-state index contributed by atoms with van der Waals surface area (Å²) in [5.74, 6) is -0.878. The van der Waals surface area contributed by atoms with E-state index in [2.05, 4.69) is 57.2 Å². The Kier molecular flexibility index (Phi) is 60.2. The van der Waals surface area contributed by atoms with Gasteiger partial charge in [0.1, 0.15) is 13.2 Å². The number of hydrogen-bond acceptors (Lipinski definition) is 6. The molecule has 0 aliphatic rings. The maximum Gasteiger partial charge on any atom is 0.306 e. The largest absolute Gasteiger partial charge is 0.462 e. The highest BCUT2D eigenvalue weighted by molar-refractivity contribution is 5.71. The molecule has 0 fully saturated rings. The van der Waals surface area contributed by atoms with E-state index in [-0.39, 0.29) is 31.1 Å². The van der Waals surface area contributed by atoms with Gasteiger partial charge in [0.25, 0.3) is 0 Å². The topological polar surface area (TPSA) is 78.9 Å². The van der Waals surface area contributed by atoms with Gasteiger partial charge in [-0.1, -0.05) is 320 Å². The number of esters is 3. The Morgan fingerprint density at radius 2 is 0.534 bits per heavy atom. The van der Waals surface area contributed by atoms with Crippen molar-refractivity contribution >= 4 is 17.9 Å². The van der Waals surface area contributed by atoms with Crippen LogP contribution in [0.3, 0.4) is 0 Å². The van der Waals surface area contributed by atoms with Crippen LogP contribution in [0.4, 0.5) is 0 Å². The van der Waals surface area contributed by atoms with Crippen molar-refractivity contribution in [1.82, 2.24) is 0 Å². The van der Waals surface area contributed by atoms with E-state index in [0.717, 1.165) is 96.3 Å². The lowest BCUT2D eigenvalue weighted by atomic mass is 10.0. The summed E-state index contributed by atoms with van der Waals surface area (Å²) >= 11 is 0. The third kappa shape index (κ3) is 60.4. The van der Waals surface area contributed by atoms with Crippen LogP contribution in [0.5, 0.6) is 0 Å². The van der Waals surface area contributed by atoms with E-state index < -0.39 is 6.10 Å². The Bertz CT molecular complexity index is 1220. The summed E-state index contributed by atoms with van der Waals surface area (Å²) < 4.78 is 16.8. The van der Waals surface area contributed by atoms with E-state index in [1.807, 2.05) is 0 Å². The molecule has 0 aliphatic heterocycles. The first-order valence-corrected chi connectivity index (χ1v) is 32.5. The van der Waals surface area contributed by atoms with Crippen LogP contribution in [-0.4, -0.2) is 37.2 Å². The number of ether oxygens (including phenoxy) is 3. The number of hydrogen-bond donors (Lipinski definition) is 0. The second kappa shape index (κ2) is 62.2. The molecule has 0 aromatic rings. The molecule has 73 heavy (non-hydrogen) atoms. The number of allylic oxidation sites excluding steroid dienone is 6. The summed E-state index contributed by atoms with van der Waals surface area (Å²) in [5.41, 5.74) is 0. The second-order valence-electron chi connectivity index (χ2n) is 22.0. The molecular formula is C67H124O6. The van der Waals surface area contributed by atoms with E-state index in [1.165, 1.54) is 218 Å². The highest BCUT2D eigenvalue weighted by Gasteiger charge is 2.19. The third-order valence-electron chi connectivity index (χ3n) is 14.7. The van der Waals surface area contributed by atoms with Crippen LogP contribution in [0.25, 0.3) is 0 Å². The van der Waals surface area contributed by atoms with Crippen LogP contribution in [0, 0.1) is 0 Å². The minimum Gasteiger partial charge on any atom is -0.462 e. The van der Waals surface area contributed by atoms with E-state index in [0.29, 0.717) is 19.3 Å². The summed E-state index contributed by atoms with van der Waals surface area (Å²) in [6.45, 7) is 6.53. The van der Waals surface area contributed by atoms with Crippen LogP contribution in [-0.2, 0) is 28.6 Å². The molecule has 0 aromatic carbocycles. The molecule has 0 rings (SSSR count). The molecule has 1 unspecified atom stereocenters. The molecule has 0 amide bonds. The summed E-state index contributed by atoms with van der Waals surface area (Å²) in [6.07, 6.45) is 76.3. The smallest absolute Gasteiger partial charge is 0.306 e. The van der Waals surface area contributed by atoms with Gasteiger partial charge in [-0.3, -0.25) is 14.4 Å². The number of carbonyl (C=O) groups excluding carboxylic acids is 3. The Morgan fingerprint density at radius 3 is 0.836 bits per heavy atom. The zero-order chi connectivity index (χ0) is 52.9. The van der Waals surface area contributed by atoms with E-state index in [1.54, 1.807) is 0 Å². The fraction of sp³-hybridized carbons (Fsp3) is 0.866. The minimum atomic E-state index is -0.776. The first-order chi connectivity index (χ1) is 36.0. The summed E-state index contributed by atoms with van der Waals surface area (Å²) in [5, 5.41) is 0. The molecular weight excluding hydrogens is 901 g/mol. The summed E-state index contributed by atoms with van der Waals surface area (Å²) in [7, 11) is 0. The van der Waals surface area contributed by atoms with Gasteiger partial charge in [-0.25, -0.2) is 0 Å². The normalized spacial score (nSPS) is 12.2. The van der Waals surface area contributed by atoms with E-state index >= 15 is 0 Å². The van der Waals surface area contributed by atoms with Gasteiger partial charge in [-0.2, -0.15) is 0 Å². The lowest BCUT2D eigenvalue weighted by Crippen LogP contribution is -2.30. The average Bonchev–Trinajstić information content (AvgIpc) is 3.39. The molecule has 428 valence electrons. The molecule has 1 atom stereocenters. The van der Waals surface area contributed by atoms with Crippen molar-refractivity contribution in [3.63, 3.8) is 0 Å². The summed E-state index contributed by atoms with van der Waals surface area (Å²) in [6, 6.07) is 0. The van der Waals surface area contributed by atoms with Gasteiger partial charge >= 0.3 is 17.9 Å². The minimum absolute atomic E-state index is 0.0749. The Morgan fingerprint density at radius 1 is 0.288 bits per heavy atom. The standard InChI is InChI=1S/C67H124O6/c1-4-7-10-13-16-19-21-23-25-26-27-28-29-30-31-32-33-34-35-36-37-38-39-40-41-43-44-46-48-51-54-57-60-66(69)72-63-64(62-71-65(68)59-56-53-50-18-15-12-9-6-3)73-67(70)61-58-55-52-49-47-45-42-24-22-20-17-14-11-8-5-2/h8,11,17,20,24,42,64H,4-7,9-10,12-16,18-19,21-23,25-41,43-63H2,1-3H3/b11-8-,20-17-,42-24-. The molecule has 0 radical (unpaired) electrons. The van der Waals surface area contributed by atoms with Crippen molar-refractivity contribution in [3.05, 3.63) is 36.5 Å². The highest BCUT2D eigenvalue weighted by atomic mass is 16.6. The fourth-order valence-corrected chi connectivity index (χ4v) is 9.81. The van der Waals surface area contributed by atoms with Crippen molar-refractivity contribution in [3.8, 4) is 0 Å². The molecule has 0 aromatic heterocycles. The number of unbranched alkanes of at least 4 members (excludes halogenated alkanes) is 43. The lowest BCUT2D eigenvalue weighted by Gasteiger charge is -2.18. The Hall–Kier alpha value is -2.37. The zero-order valence-electron chi connectivity index (χ0n) is 49.2. The predicted molar refractivity (Wildman–Crippen MR) is 316 cm³/mol. The molecule has 6 nitrogen and oxygen atoms in total. The predicted octanol–water partition coefficient (Wildman–Crippen LogP) is 22.0. The maximum absolute atomic E-state index is 12.8. The molecule has 0 aliphatic carbocycles. The SMILES string of the molecule is CC/C=C\C/C=C\C/C=C\CCCCCCCC(=O)OC(COC(=O)CCCCCCCCCC)COC(=O)CCCCCCCCCCCCCCCCCCCCCCCCCCCCCCCCCC. The van der Waals surface area contributed by atoms with Gasteiger partial charge in [0, 0.05) is 19.3 Å². The number of carbonyl (C=O) groups is 3. The second-order valence-corrected chi connectivity index (χ2v) is 22.0. The van der Waals surface area contributed by atoms with Crippen LogP contribution in [0.2, 0.25) is 0 Å². The first-order valence-electron chi connectivity index (χ1n) is 32.5. The van der Waals surface area contributed by atoms with Gasteiger partial charge in [0.15, 0.2) is 6.10 Å². The number of rotatable bonds is 60. The van der Waals surface area contributed by atoms with Gasteiger partial charge in [0.05, 0.1) is 0 Å². The van der Waals surface area contributed by atoms with Crippen LogP contribution < -0.4 is 0 Å². The maximum atomic E-state index is 12.8. The first kappa shape index (κ1) is 70.6. The van der Waals surface area contributed by atoms with Crippen LogP contribution >= 0.6 is 0 Å². The fourth-order valence-electron chi connectivity index (χ4n) is 9.81. The third-order valence-corrected chi connectivity index (χ3v) is 14.7. The van der Waals surface area contributed by atoms with Crippen LogP contribution in [0.15, 0.2) is 36.5 Å². The lowest BCUT2D eigenvalue weighted by molar-refractivity contribution is -0.167. The van der Waals surface area contributed by atoms with Crippen molar-refractivity contribution in [1.29, 1.82) is 0 Å². The van der Waals surface area contributed by atoms with Gasteiger partial charge < -0.3 is 14.2 Å². The van der Waals surface area contributed by atoms with Crippen molar-refractivity contribution in [2.24, 2.45) is 0 Å². The van der Waals surface area contributed by atoms with Crippen molar-refractivity contribution < 1.29 is 28.6 Å². The average molecular weight is 1030 g/mol. The quantitative estimate of drug-likeness (QED) is 0.0261. The Balaban J connectivity index is 3.98. The van der Waals surface area contributed by atoms with E-state index in [9.17, 15) is 14.4 Å². The molecule has 0 spiro atoms. The van der Waals surface area contributed by atoms with Crippen LogP contribution in [0.1, 0.15) is 355 Å². The van der Waals surface area contributed by atoms with Gasteiger partial charge in [-0.05, 0) is 51.4 Å². The Labute approximate surface area is 455 Å². The zero-order valence-corrected chi connectivity index (χ0v) is 49.2. The molecule has 0 heterocycles. The van der Waals surface area contributed by atoms with Gasteiger partial charge in [-0.15, -0.1) is 0 Å². The van der Waals surface area contributed by atoms with Crippen molar-refractivity contribution in [2.45, 2.75) is 361 Å². The monoisotopic (exact) mass is 1020 g/mol.